The van der Waals surface area contributed by atoms with Gasteiger partial charge in [0.2, 0.25) is 18.6 Å². The summed E-state index contributed by atoms with van der Waals surface area (Å²) in [4.78, 5) is 43.7. The molecule has 0 bridgehead atoms. The van der Waals surface area contributed by atoms with Crippen LogP contribution in [0.1, 0.15) is 31.2 Å². The Hall–Kier alpha value is -4.91. The highest BCUT2D eigenvalue weighted by atomic mass is 32.2. The second-order valence-electron chi connectivity index (χ2n) is 10.7. The molecule has 1 aromatic heterocycles. The van der Waals surface area contributed by atoms with Crippen molar-refractivity contribution in [2.24, 2.45) is 0 Å². The molecule has 0 saturated carbocycles. The Balaban J connectivity index is 1.17. The van der Waals surface area contributed by atoms with E-state index < -0.39 is 0 Å². The van der Waals surface area contributed by atoms with Crippen LogP contribution in [0.25, 0.3) is 10.9 Å². The molecule has 12 nitrogen and oxygen atoms in total. The maximum atomic E-state index is 13.7. The van der Waals surface area contributed by atoms with Crippen molar-refractivity contribution in [2.45, 2.75) is 43.8 Å². The van der Waals surface area contributed by atoms with Crippen LogP contribution in [0.3, 0.4) is 0 Å². The number of methoxy groups -OCH3 is 3. The number of para-hydroxylation sites is 2. The van der Waals surface area contributed by atoms with Crippen LogP contribution in [-0.2, 0) is 22.6 Å². The Kier molecular flexibility index (Phi) is 11.4. The van der Waals surface area contributed by atoms with Gasteiger partial charge in [0.1, 0.15) is 5.75 Å². The molecule has 2 N–H and O–H groups in total. The summed E-state index contributed by atoms with van der Waals surface area (Å²) in [6.45, 7) is 0.970. The number of anilines is 1. The number of aromatic nitrogens is 2. The molecular weight excluding hydrogens is 624 g/mol. The molecule has 4 aromatic rings. The van der Waals surface area contributed by atoms with Gasteiger partial charge in [-0.2, -0.15) is 0 Å². The van der Waals surface area contributed by atoms with E-state index in [1.54, 1.807) is 43.1 Å². The molecule has 47 heavy (non-hydrogen) atoms. The van der Waals surface area contributed by atoms with E-state index in [9.17, 15) is 14.4 Å². The van der Waals surface area contributed by atoms with E-state index in [1.165, 1.54) is 18.9 Å². The maximum Gasteiger partial charge on any atom is 0.262 e. The van der Waals surface area contributed by atoms with Gasteiger partial charge in [-0.15, -0.1) is 0 Å². The Morgan fingerprint density at radius 1 is 0.894 bits per heavy atom. The number of ether oxygens (including phenoxy) is 5. The zero-order valence-electron chi connectivity index (χ0n) is 26.6. The van der Waals surface area contributed by atoms with Gasteiger partial charge in [0.05, 0.1) is 43.7 Å². The van der Waals surface area contributed by atoms with Crippen LogP contribution >= 0.6 is 11.8 Å². The van der Waals surface area contributed by atoms with Gasteiger partial charge in [0.25, 0.3) is 5.56 Å². The van der Waals surface area contributed by atoms with Crippen LogP contribution in [0, 0.1) is 0 Å². The van der Waals surface area contributed by atoms with E-state index in [0.717, 1.165) is 12.0 Å². The number of hydrogen-bond donors (Lipinski definition) is 2. The Labute approximate surface area is 276 Å². The van der Waals surface area contributed by atoms with Crippen molar-refractivity contribution < 1.29 is 33.3 Å². The lowest BCUT2D eigenvalue weighted by atomic mass is 10.1. The predicted octanol–water partition coefficient (Wildman–Crippen LogP) is 4.80. The van der Waals surface area contributed by atoms with Crippen LogP contribution in [0.2, 0.25) is 0 Å². The zero-order chi connectivity index (χ0) is 33.2. The van der Waals surface area contributed by atoms with Crippen molar-refractivity contribution in [1.29, 1.82) is 0 Å². The van der Waals surface area contributed by atoms with Gasteiger partial charge in [-0.05, 0) is 55.2 Å². The number of benzene rings is 3. The number of fused-ring (bicyclic) bond motifs is 2. The van der Waals surface area contributed by atoms with Crippen LogP contribution in [0.15, 0.2) is 64.5 Å². The third-order valence-corrected chi connectivity index (χ3v) is 8.57. The van der Waals surface area contributed by atoms with Crippen LogP contribution in [0.5, 0.6) is 28.7 Å². The molecule has 1 aliphatic rings. The fraction of sp³-hybridized carbons (Fsp3) is 0.353. The number of carbonyl (C=O) groups is 2. The topological polar surface area (TPSA) is 139 Å². The monoisotopic (exact) mass is 662 g/mol. The standard InChI is InChI=1S/C34H38N4O8S/c1-42-26-10-7-6-9-24(26)36-32(40)20-47-34-37-25-19-30-29(45-21-46-30)18-23(25)33(41)38(34)16-8-4-5-11-31(39)35-15-14-22-12-13-27(43-2)28(17-22)44-3/h6-7,9-10,12-13,17-19H,4-5,8,11,14-16,20-21H2,1-3H3,(H,35,39)(H,36,40). The van der Waals surface area contributed by atoms with Crippen molar-refractivity contribution in [1.82, 2.24) is 14.9 Å². The molecule has 0 saturated heterocycles. The SMILES string of the molecule is COc1ccccc1NC(=O)CSc1nc2cc3c(cc2c(=O)n1CCCCCC(=O)NCCc1ccc(OC)c(OC)c1)OCO3. The zero-order valence-corrected chi connectivity index (χ0v) is 27.4. The molecule has 0 atom stereocenters. The van der Waals surface area contributed by atoms with Crippen molar-refractivity contribution in [3.8, 4) is 28.7 Å². The molecule has 1 aliphatic heterocycles. The molecule has 0 unspecified atom stereocenters. The lowest BCUT2D eigenvalue weighted by molar-refractivity contribution is -0.121. The van der Waals surface area contributed by atoms with Gasteiger partial charge in [-0.1, -0.05) is 36.4 Å². The van der Waals surface area contributed by atoms with Crippen LogP contribution in [0.4, 0.5) is 5.69 Å². The van der Waals surface area contributed by atoms with Gasteiger partial charge < -0.3 is 34.3 Å². The van der Waals surface area contributed by atoms with E-state index in [2.05, 4.69) is 10.6 Å². The molecular formula is C34H38N4O8S. The molecule has 5 rings (SSSR count). The number of nitrogens with zero attached hydrogens (tertiary/aromatic N) is 2. The van der Waals surface area contributed by atoms with E-state index in [-0.39, 0.29) is 29.9 Å². The summed E-state index contributed by atoms with van der Waals surface area (Å²) >= 11 is 1.18. The van der Waals surface area contributed by atoms with Gasteiger partial charge in [-0.3, -0.25) is 19.0 Å². The van der Waals surface area contributed by atoms with Crippen molar-refractivity contribution in [2.75, 3.05) is 45.7 Å². The molecule has 2 amide bonds. The second kappa shape index (κ2) is 16.1. The molecule has 13 heteroatoms. The smallest absolute Gasteiger partial charge is 0.262 e. The average Bonchev–Trinajstić information content (AvgIpc) is 3.55. The van der Waals surface area contributed by atoms with Gasteiger partial charge in [0.15, 0.2) is 28.2 Å². The molecule has 0 aliphatic carbocycles. The van der Waals surface area contributed by atoms with E-state index in [0.29, 0.717) is 89.3 Å². The first-order chi connectivity index (χ1) is 22.9. The number of carbonyl (C=O) groups excluding carboxylic acids is 2. The summed E-state index contributed by atoms with van der Waals surface area (Å²) in [5.41, 5.74) is 1.83. The Morgan fingerprint density at radius 2 is 1.66 bits per heavy atom. The highest BCUT2D eigenvalue weighted by Crippen LogP contribution is 2.35. The third kappa shape index (κ3) is 8.47. The second-order valence-corrected chi connectivity index (χ2v) is 11.7. The summed E-state index contributed by atoms with van der Waals surface area (Å²) in [6.07, 6.45) is 3.10. The van der Waals surface area contributed by atoms with Gasteiger partial charge in [0, 0.05) is 25.6 Å². The highest BCUT2D eigenvalue weighted by Gasteiger charge is 2.20. The lowest BCUT2D eigenvalue weighted by Gasteiger charge is -2.14. The number of rotatable bonds is 16. The van der Waals surface area contributed by atoms with Crippen molar-refractivity contribution >= 4 is 40.2 Å². The fourth-order valence-corrected chi connectivity index (χ4v) is 5.99. The summed E-state index contributed by atoms with van der Waals surface area (Å²) in [7, 11) is 4.72. The van der Waals surface area contributed by atoms with Crippen LogP contribution < -0.4 is 39.9 Å². The number of hydrogen-bond acceptors (Lipinski definition) is 10. The third-order valence-electron chi connectivity index (χ3n) is 7.60. The summed E-state index contributed by atoms with van der Waals surface area (Å²) < 4.78 is 28.5. The van der Waals surface area contributed by atoms with E-state index in [1.807, 2.05) is 30.3 Å². The lowest BCUT2D eigenvalue weighted by Crippen LogP contribution is -2.25. The largest absolute Gasteiger partial charge is 0.495 e. The highest BCUT2D eigenvalue weighted by molar-refractivity contribution is 7.99. The van der Waals surface area contributed by atoms with Gasteiger partial charge in [-0.25, -0.2) is 4.98 Å². The first-order valence-corrected chi connectivity index (χ1v) is 16.3. The molecule has 2 heterocycles. The summed E-state index contributed by atoms with van der Waals surface area (Å²) in [6, 6.07) is 16.2. The van der Waals surface area contributed by atoms with Crippen molar-refractivity contribution in [3.05, 3.63) is 70.5 Å². The Bertz CT molecular complexity index is 1790. The molecule has 248 valence electrons. The minimum absolute atomic E-state index is 0.0246. The van der Waals surface area contributed by atoms with Crippen LogP contribution in [-0.4, -0.2) is 61.8 Å². The molecule has 3 aromatic carbocycles. The first kappa shape index (κ1) is 33.5. The number of nitrogens with one attached hydrogen (secondary N) is 2. The van der Waals surface area contributed by atoms with Crippen molar-refractivity contribution in [3.63, 3.8) is 0 Å². The first-order valence-electron chi connectivity index (χ1n) is 15.3. The average molecular weight is 663 g/mol. The number of amides is 2. The number of unbranched alkanes of at least 4 members (excludes halogenated alkanes) is 2. The van der Waals surface area contributed by atoms with Gasteiger partial charge >= 0.3 is 0 Å². The Morgan fingerprint density at radius 3 is 2.45 bits per heavy atom. The number of thioether (sulfide) groups is 1. The molecule has 0 spiro atoms. The fourth-order valence-electron chi connectivity index (χ4n) is 5.17. The maximum absolute atomic E-state index is 13.7. The van der Waals surface area contributed by atoms with E-state index >= 15 is 0 Å². The minimum Gasteiger partial charge on any atom is -0.495 e. The molecule has 0 fully saturated rings. The predicted molar refractivity (Wildman–Crippen MR) is 179 cm³/mol. The summed E-state index contributed by atoms with van der Waals surface area (Å²) in [5.74, 6) is 2.63. The normalized spacial score (nSPS) is 11.7. The molecule has 0 radical (unpaired) electrons. The minimum atomic E-state index is -0.261. The summed E-state index contributed by atoms with van der Waals surface area (Å²) in [5, 5.41) is 6.65. The quantitative estimate of drug-likeness (QED) is 0.0977. The van der Waals surface area contributed by atoms with E-state index in [4.69, 9.17) is 28.7 Å².